The molecule has 36 heavy (non-hydrogen) atoms. The molecule has 5 N–H and O–H groups in total. The molecule has 10 nitrogen and oxygen atoms in total. The van der Waals surface area contributed by atoms with E-state index in [2.05, 4.69) is 35.5 Å². The molecule has 2 bridgehead atoms. The van der Waals surface area contributed by atoms with Crippen molar-refractivity contribution in [1.82, 2.24) is 29.9 Å². The second kappa shape index (κ2) is 7.95. The summed E-state index contributed by atoms with van der Waals surface area (Å²) in [5, 5.41) is 7.95. The molecule has 4 aromatic heterocycles. The summed E-state index contributed by atoms with van der Waals surface area (Å²) in [6.07, 6.45) is 8.04. The number of nitrogens with one attached hydrogen (secondary N) is 3. The first kappa shape index (κ1) is 21.2. The number of piperidine rings is 2. The first-order chi connectivity index (χ1) is 17.6. The highest BCUT2D eigenvalue weighted by atomic mass is 19.1. The Morgan fingerprint density at radius 1 is 1.11 bits per heavy atom. The number of aromatic nitrogens is 6. The lowest BCUT2D eigenvalue weighted by molar-refractivity contribution is 0.216. The van der Waals surface area contributed by atoms with Crippen molar-refractivity contribution in [2.45, 2.75) is 31.3 Å². The van der Waals surface area contributed by atoms with E-state index in [1.54, 1.807) is 31.7 Å². The smallest absolute Gasteiger partial charge is 0.231 e. The molecule has 0 amide bonds. The van der Waals surface area contributed by atoms with Gasteiger partial charge in [0.25, 0.3) is 0 Å². The molecule has 2 saturated heterocycles. The third kappa shape index (κ3) is 3.30. The number of hydrogen-bond donors (Lipinski definition) is 4. The average molecular weight is 485 g/mol. The Morgan fingerprint density at radius 2 is 2.00 bits per heavy atom. The predicted octanol–water partition coefficient (Wildman–Crippen LogP) is 3.69. The largest absolute Gasteiger partial charge is 0.386 e. The van der Waals surface area contributed by atoms with Gasteiger partial charge in [0.2, 0.25) is 5.95 Å². The van der Waals surface area contributed by atoms with Gasteiger partial charge in [0, 0.05) is 43.5 Å². The van der Waals surface area contributed by atoms with Crippen LogP contribution in [0.4, 0.5) is 27.5 Å². The lowest BCUT2D eigenvalue weighted by Gasteiger charge is -2.49. The number of hydrogen-bond acceptors (Lipinski definition) is 9. The zero-order chi connectivity index (χ0) is 24.4. The fourth-order valence-electron chi connectivity index (χ4n) is 5.78. The number of aromatic amines is 1. The normalized spacial score (nSPS) is 21.5. The lowest BCUT2D eigenvalue weighted by Crippen LogP contribution is -2.57. The van der Waals surface area contributed by atoms with Gasteiger partial charge in [0.1, 0.15) is 22.8 Å². The highest BCUT2D eigenvalue weighted by molar-refractivity contribution is 6.15. The van der Waals surface area contributed by atoms with Crippen molar-refractivity contribution in [1.29, 1.82) is 0 Å². The van der Waals surface area contributed by atoms with Gasteiger partial charge in [-0.2, -0.15) is 9.97 Å². The van der Waals surface area contributed by atoms with Crippen LogP contribution in [-0.2, 0) is 0 Å². The third-order valence-electron chi connectivity index (χ3n) is 7.52. The van der Waals surface area contributed by atoms with Crippen LogP contribution in [0.25, 0.3) is 33.1 Å². The van der Waals surface area contributed by atoms with Crippen LogP contribution in [0.1, 0.15) is 19.3 Å². The number of H-pyrrole nitrogens is 1. The van der Waals surface area contributed by atoms with Crippen molar-refractivity contribution in [2.24, 2.45) is 11.7 Å². The molecule has 0 spiro atoms. The summed E-state index contributed by atoms with van der Waals surface area (Å²) in [6, 6.07) is 5.39. The van der Waals surface area contributed by atoms with E-state index in [9.17, 15) is 4.39 Å². The number of benzene rings is 1. The van der Waals surface area contributed by atoms with Crippen LogP contribution < -0.4 is 21.3 Å². The molecular weight excluding hydrogens is 459 g/mol. The number of halogens is 1. The molecule has 3 aliphatic rings. The van der Waals surface area contributed by atoms with Gasteiger partial charge in [-0.05, 0) is 43.4 Å². The fourth-order valence-corrected chi connectivity index (χ4v) is 5.78. The monoisotopic (exact) mass is 484 g/mol. The van der Waals surface area contributed by atoms with Crippen LogP contribution in [0.3, 0.4) is 0 Å². The number of pyridine rings is 1. The summed E-state index contributed by atoms with van der Waals surface area (Å²) >= 11 is 0. The number of anilines is 4. The minimum Gasteiger partial charge on any atom is -0.386 e. The van der Waals surface area contributed by atoms with Gasteiger partial charge in [-0.1, -0.05) is 0 Å². The van der Waals surface area contributed by atoms with E-state index in [4.69, 9.17) is 15.7 Å². The van der Waals surface area contributed by atoms with E-state index in [0.29, 0.717) is 40.1 Å². The molecule has 1 saturated carbocycles. The lowest BCUT2D eigenvalue weighted by atomic mass is 9.76. The SMILES string of the molecule is CNc1cc(F)cc2c1[nH]c1nc(Nc3cnc4nccnc4c3)nc(N3CC4CCC3CC4N)c12. The Hall–Kier alpha value is -4.12. The van der Waals surface area contributed by atoms with Crippen LogP contribution in [0.5, 0.6) is 0 Å². The maximum Gasteiger partial charge on any atom is 0.231 e. The first-order valence-electron chi connectivity index (χ1n) is 12.1. The molecule has 5 aromatic rings. The average Bonchev–Trinajstić information content (AvgIpc) is 3.26. The van der Waals surface area contributed by atoms with Gasteiger partial charge in [-0.15, -0.1) is 0 Å². The van der Waals surface area contributed by atoms with Crippen molar-refractivity contribution < 1.29 is 4.39 Å². The molecule has 3 unspecified atom stereocenters. The molecule has 2 aliphatic heterocycles. The van der Waals surface area contributed by atoms with Crippen LogP contribution in [0.2, 0.25) is 0 Å². The Bertz CT molecular complexity index is 1630. The van der Waals surface area contributed by atoms with Crippen LogP contribution in [0, 0.1) is 11.7 Å². The number of nitrogens with zero attached hydrogens (tertiary/aromatic N) is 6. The highest BCUT2D eigenvalue weighted by Crippen LogP contribution is 2.42. The summed E-state index contributed by atoms with van der Waals surface area (Å²) < 4.78 is 14.6. The Balaban J connectivity index is 1.41. The van der Waals surface area contributed by atoms with E-state index in [0.717, 1.165) is 47.9 Å². The Labute approximate surface area is 205 Å². The van der Waals surface area contributed by atoms with E-state index in [-0.39, 0.29) is 17.9 Å². The predicted molar refractivity (Wildman–Crippen MR) is 138 cm³/mol. The minimum atomic E-state index is -0.313. The minimum absolute atomic E-state index is 0.205. The maximum absolute atomic E-state index is 14.6. The zero-order valence-corrected chi connectivity index (χ0v) is 19.7. The van der Waals surface area contributed by atoms with Gasteiger partial charge in [-0.3, -0.25) is 4.98 Å². The molecule has 1 aliphatic carbocycles. The molecule has 11 heteroatoms. The molecule has 1 aromatic carbocycles. The van der Waals surface area contributed by atoms with Crippen LogP contribution in [0.15, 0.2) is 36.8 Å². The second-order valence-corrected chi connectivity index (χ2v) is 9.64. The zero-order valence-electron chi connectivity index (χ0n) is 19.7. The van der Waals surface area contributed by atoms with E-state index < -0.39 is 0 Å². The fraction of sp³-hybridized carbons (Fsp3) is 0.320. The van der Waals surface area contributed by atoms with Crippen LogP contribution in [-0.4, -0.2) is 55.6 Å². The molecular formula is C25H25FN10. The second-order valence-electron chi connectivity index (χ2n) is 9.64. The Kier molecular flexibility index (Phi) is 4.68. The van der Waals surface area contributed by atoms with E-state index in [1.807, 2.05) is 6.07 Å². The maximum atomic E-state index is 14.6. The van der Waals surface area contributed by atoms with Crippen molar-refractivity contribution >= 4 is 56.2 Å². The van der Waals surface area contributed by atoms with Gasteiger partial charge >= 0.3 is 0 Å². The number of nitrogens with two attached hydrogens (primary N) is 1. The number of rotatable bonds is 4. The highest BCUT2D eigenvalue weighted by Gasteiger charge is 2.40. The van der Waals surface area contributed by atoms with Gasteiger partial charge in [-0.25, -0.2) is 14.4 Å². The summed E-state index contributed by atoms with van der Waals surface area (Å²) in [5.41, 5.74) is 10.5. The van der Waals surface area contributed by atoms with E-state index >= 15 is 0 Å². The van der Waals surface area contributed by atoms with E-state index in [1.165, 1.54) is 6.07 Å². The molecule has 3 atom stereocenters. The summed E-state index contributed by atoms with van der Waals surface area (Å²) in [6.45, 7) is 0.825. The third-order valence-corrected chi connectivity index (χ3v) is 7.52. The van der Waals surface area contributed by atoms with Gasteiger partial charge in [0.05, 0.1) is 28.5 Å². The molecule has 8 rings (SSSR count). The quantitative estimate of drug-likeness (QED) is 0.301. The standard InChI is InChI=1S/C25H25FN10/c1-28-18-7-13(26)6-16-20-23(33-21(16)18)34-25(32-14-8-19-22(31-10-14)30-5-4-29-19)35-24(20)36-11-12-2-3-15(36)9-17(12)27/h4-8,10,12,15,17,28H,2-3,9,11,27H2,1H3,(H2,32,33,34,35). The molecule has 3 fully saturated rings. The molecule has 182 valence electrons. The van der Waals surface area contributed by atoms with Crippen molar-refractivity contribution in [3.8, 4) is 0 Å². The summed E-state index contributed by atoms with van der Waals surface area (Å²) in [5.74, 6) is 1.31. The summed E-state index contributed by atoms with van der Waals surface area (Å²) in [4.78, 5) is 28.5. The molecule has 6 heterocycles. The summed E-state index contributed by atoms with van der Waals surface area (Å²) in [7, 11) is 1.78. The topological polar surface area (TPSA) is 134 Å². The Morgan fingerprint density at radius 3 is 2.81 bits per heavy atom. The molecule has 0 radical (unpaired) electrons. The first-order valence-corrected chi connectivity index (χ1v) is 12.1. The van der Waals surface area contributed by atoms with Crippen LogP contribution >= 0.6 is 0 Å². The van der Waals surface area contributed by atoms with Gasteiger partial charge < -0.3 is 26.3 Å². The van der Waals surface area contributed by atoms with Crippen molar-refractivity contribution in [2.75, 3.05) is 29.1 Å². The number of fused-ring (bicyclic) bond motifs is 7. The van der Waals surface area contributed by atoms with Gasteiger partial charge in [0.15, 0.2) is 5.65 Å². The van der Waals surface area contributed by atoms with Crippen molar-refractivity contribution in [3.63, 3.8) is 0 Å². The van der Waals surface area contributed by atoms with Crippen molar-refractivity contribution in [3.05, 3.63) is 42.6 Å².